The van der Waals surface area contributed by atoms with Crippen LogP contribution < -0.4 is 11.0 Å². The van der Waals surface area contributed by atoms with Gasteiger partial charge in [0.2, 0.25) is 0 Å². The summed E-state index contributed by atoms with van der Waals surface area (Å²) < 4.78 is 0.943. The monoisotopic (exact) mass is 392 g/mol. The second-order valence-corrected chi connectivity index (χ2v) is 5.95. The van der Waals surface area contributed by atoms with Crippen molar-refractivity contribution >= 4 is 50.2 Å². The van der Waals surface area contributed by atoms with Crippen molar-refractivity contribution in [1.29, 1.82) is 0 Å². The van der Waals surface area contributed by atoms with Gasteiger partial charge in [-0.3, -0.25) is 10.2 Å². The van der Waals surface area contributed by atoms with Gasteiger partial charge in [-0.1, -0.05) is 39.7 Å². The van der Waals surface area contributed by atoms with Crippen LogP contribution in [0.2, 0.25) is 5.02 Å². The molecule has 3 aromatic rings. The van der Waals surface area contributed by atoms with Gasteiger partial charge in [-0.25, -0.2) is 5.10 Å². The topological polar surface area (TPSA) is 90.4 Å². The van der Waals surface area contributed by atoms with Crippen molar-refractivity contribution in [1.82, 2.24) is 10.2 Å². The first-order valence-corrected chi connectivity index (χ1v) is 7.67. The molecule has 0 amide bonds. The maximum Gasteiger partial charge on any atom is 0.285 e. The number of phenolic OH excluding ortho intramolecular Hbond substituents is 1. The number of rotatable bonds is 3. The number of aromatic hydroxyl groups is 1. The van der Waals surface area contributed by atoms with Crippen LogP contribution in [0.5, 0.6) is 5.75 Å². The molecule has 3 rings (SSSR count). The molecule has 8 heteroatoms. The number of nitrogens with one attached hydrogen (secondary N) is 2. The Labute approximate surface area is 143 Å². The van der Waals surface area contributed by atoms with Crippen molar-refractivity contribution in [3.05, 3.63) is 61.9 Å². The predicted octanol–water partition coefficient (Wildman–Crippen LogP) is 3.49. The summed E-state index contributed by atoms with van der Waals surface area (Å²) in [6.45, 7) is 0. The fraction of sp³-hybridized carbons (Fsp3) is 0. The van der Waals surface area contributed by atoms with Gasteiger partial charge in [-0.05, 0) is 29.0 Å². The summed E-state index contributed by atoms with van der Waals surface area (Å²) in [7, 11) is 0. The van der Waals surface area contributed by atoms with Gasteiger partial charge in [-0.15, -0.1) is 0 Å². The zero-order chi connectivity index (χ0) is 16.4. The van der Waals surface area contributed by atoms with E-state index in [0.29, 0.717) is 5.56 Å². The average molecular weight is 394 g/mol. The van der Waals surface area contributed by atoms with E-state index in [9.17, 15) is 9.90 Å². The minimum absolute atomic E-state index is 0.0387. The lowest BCUT2D eigenvalue weighted by Gasteiger charge is -2.06. The third kappa shape index (κ3) is 3.20. The van der Waals surface area contributed by atoms with Crippen LogP contribution in [0.1, 0.15) is 5.56 Å². The van der Waals surface area contributed by atoms with E-state index < -0.39 is 5.56 Å². The van der Waals surface area contributed by atoms with Crippen molar-refractivity contribution in [3.63, 3.8) is 0 Å². The summed E-state index contributed by atoms with van der Waals surface area (Å²) in [6.07, 6.45) is 2.81. The Balaban J connectivity index is 1.96. The first-order valence-electron chi connectivity index (χ1n) is 6.50. The van der Waals surface area contributed by atoms with Crippen LogP contribution in [0, 0.1) is 0 Å². The van der Waals surface area contributed by atoms with E-state index in [0.717, 1.165) is 15.2 Å². The van der Waals surface area contributed by atoms with Gasteiger partial charge in [0.15, 0.2) is 0 Å². The highest BCUT2D eigenvalue weighted by atomic mass is 79.9. The molecule has 1 aromatic heterocycles. The first-order chi connectivity index (χ1) is 11.1. The number of hydrogen-bond donors (Lipinski definition) is 3. The summed E-state index contributed by atoms with van der Waals surface area (Å²) in [5, 5.41) is 21.7. The molecular formula is C15H10BrClN4O2. The van der Waals surface area contributed by atoms with E-state index in [-0.39, 0.29) is 16.5 Å². The molecule has 116 valence electrons. The largest absolute Gasteiger partial charge is 0.507 e. The van der Waals surface area contributed by atoms with Gasteiger partial charge in [0, 0.05) is 10.0 Å². The molecule has 0 atom stereocenters. The van der Waals surface area contributed by atoms with E-state index in [1.54, 1.807) is 6.07 Å². The van der Waals surface area contributed by atoms with Gasteiger partial charge in [0.25, 0.3) is 5.56 Å². The molecule has 0 fully saturated rings. The molecule has 0 spiro atoms. The molecule has 6 nitrogen and oxygen atoms in total. The van der Waals surface area contributed by atoms with Gasteiger partial charge in [-0.2, -0.15) is 10.2 Å². The first kappa shape index (κ1) is 15.5. The number of fused-ring (bicyclic) bond motifs is 1. The van der Waals surface area contributed by atoms with Crippen LogP contribution in [-0.2, 0) is 0 Å². The highest BCUT2D eigenvalue weighted by molar-refractivity contribution is 9.10. The summed E-state index contributed by atoms with van der Waals surface area (Å²) in [5.41, 5.74) is 2.96. The number of anilines is 1. The van der Waals surface area contributed by atoms with Gasteiger partial charge >= 0.3 is 0 Å². The zero-order valence-corrected chi connectivity index (χ0v) is 13.9. The number of aromatic nitrogens is 2. The van der Waals surface area contributed by atoms with E-state index in [1.807, 2.05) is 24.3 Å². The smallest absolute Gasteiger partial charge is 0.285 e. The molecule has 0 unspecified atom stereocenters. The van der Waals surface area contributed by atoms with Gasteiger partial charge in [0.1, 0.15) is 16.5 Å². The molecule has 2 aromatic carbocycles. The third-order valence-corrected chi connectivity index (χ3v) is 4.04. The number of hydrogen-bond acceptors (Lipinski definition) is 5. The summed E-state index contributed by atoms with van der Waals surface area (Å²) in [5.74, 6) is 0.0977. The maximum atomic E-state index is 11.3. The van der Waals surface area contributed by atoms with Crippen LogP contribution in [0.3, 0.4) is 0 Å². The fourth-order valence-electron chi connectivity index (χ4n) is 2.08. The predicted molar refractivity (Wildman–Crippen MR) is 94.4 cm³/mol. The number of hydrazone groups is 1. The number of phenols is 1. The van der Waals surface area contributed by atoms with Crippen molar-refractivity contribution in [2.75, 3.05) is 5.43 Å². The molecule has 0 saturated heterocycles. The number of nitrogens with zero attached hydrogens (tertiary/aromatic N) is 2. The van der Waals surface area contributed by atoms with Gasteiger partial charge in [0.05, 0.1) is 12.4 Å². The van der Waals surface area contributed by atoms with E-state index in [4.69, 9.17) is 11.6 Å². The highest BCUT2D eigenvalue weighted by Crippen LogP contribution is 2.28. The molecule has 0 aliphatic carbocycles. The molecular weight excluding hydrogens is 384 g/mol. The maximum absolute atomic E-state index is 11.3. The lowest BCUT2D eigenvalue weighted by atomic mass is 10.0. The standard InChI is InChI=1S/C15H10BrClN4O2/c16-9-2-3-10-8(5-9)1-4-13(22)11(10)6-18-20-12-7-19-21-15(23)14(12)17/h1-7,22H,(H2,20,21,23)/b18-6-. The van der Waals surface area contributed by atoms with Crippen molar-refractivity contribution in [3.8, 4) is 5.75 Å². The number of benzene rings is 2. The van der Waals surface area contributed by atoms with Crippen LogP contribution >= 0.6 is 27.5 Å². The Morgan fingerprint density at radius 3 is 3.00 bits per heavy atom. The average Bonchev–Trinajstić information content (AvgIpc) is 2.53. The van der Waals surface area contributed by atoms with Crippen molar-refractivity contribution in [2.45, 2.75) is 0 Å². The number of aromatic amines is 1. The molecule has 3 N–H and O–H groups in total. The Hall–Kier alpha value is -2.38. The van der Waals surface area contributed by atoms with Gasteiger partial charge < -0.3 is 5.11 Å². The minimum Gasteiger partial charge on any atom is -0.507 e. The SMILES string of the molecule is O=c1[nH]ncc(N/N=C\c2c(O)ccc3cc(Br)ccc23)c1Cl. The van der Waals surface area contributed by atoms with E-state index in [1.165, 1.54) is 12.4 Å². The van der Waals surface area contributed by atoms with E-state index >= 15 is 0 Å². The molecule has 23 heavy (non-hydrogen) atoms. The Morgan fingerprint density at radius 2 is 2.17 bits per heavy atom. The molecule has 0 aliphatic rings. The molecule has 0 aliphatic heterocycles. The summed E-state index contributed by atoms with van der Waals surface area (Å²) in [6, 6.07) is 9.11. The van der Waals surface area contributed by atoms with Crippen molar-refractivity contribution in [2.24, 2.45) is 5.10 Å². The summed E-state index contributed by atoms with van der Waals surface area (Å²) >= 11 is 9.25. The second kappa shape index (κ2) is 6.39. The Bertz CT molecular complexity index is 971. The molecule has 0 radical (unpaired) electrons. The summed E-state index contributed by atoms with van der Waals surface area (Å²) in [4.78, 5) is 11.3. The van der Waals surface area contributed by atoms with Crippen LogP contribution in [0.25, 0.3) is 10.8 Å². The zero-order valence-electron chi connectivity index (χ0n) is 11.5. The normalized spacial score (nSPS) is 11.2. The minimum atomic E-state index is -0.510. The lowest BCUT2D eigenvalue weighted by molar-refractivity contribution is 0.475. The highest BCUT2D eigenvalue weighted by Gasteiger charge is 2.06. The molecule has 0 saturated carbocycles. The Kier molecular flexibility index (Phi) is 4.31. The van der Waals surface area contributed by atoms with Crippen molar-refractivity contribution < 1.29 is 5.11 Å². The van der Waals surface area contributed by atoms with Crippen LogP contribution in [0.4, 0.5) is 5.69 Å². The fourth-order valence-corrected chi connectivity index (χ4v) is 2.59. The second-order valence-electron chi connectivity index (χ2n) is 4.66. The van der Waals surface area contributed by atoms with Crippen LogP contribution in [-0.4, -0.2) is 21.5 Å². The van der Waals surface area contributed by atoms with Crippen LogP contribution in [0.15, 0.2) is 50.9 Å². The number of halogens is 2. The number of H-pyrrole nitrogens is 1. The third-order valence-electron chi connectivity index (χ3n) is 3.17. The molecule has 0 bridgehead atoms. The lowest BCUT2D eigenvalue weighted by Crippen LogP contribution is -2.10. The quantitative estimate of drug-likeness (QED) is 0.469. The van der Waals surface area contributed by atoms with E-state index in [2.05, 4.69) is 36.7 Å². The Morgan fingerprint density at radius 1 is 1.35 bits per heavy atom. The molecule has 1 heterocycles.